The Bertz CT molecular complexity index is 1320. The van der Waals surface area contributed by atoms with E-state index in [1.807, 2.05) is 42.5 Å². The monoisotopic (exact) mass is 498 g/mol. The molecule has 1 saturated heterocycles. The molecule has 1 aliphatic heterocycles. The van der Waals surface area contributed by atoms with Gasteiger partial charge in [-0.25, -0.2) is 8.78 Å². The Morgan fingerprint density at radius 3 is 2.08 bits per heavy atom. The van der Waals surface area contributed by atoms with E-state index < -0.39 is 5.82 Å². The number of benzene rings is 4. The zero-order valence-corrected chi connectivity index (χ0v) is 20.4. The highest BCUT2D eigenvalue weighted by Crippen LogP contribution is 2.28. The van der Waals surface area contributed by atoms with Crippen molar-refractivity contribution in [2.75, 3.05) is 18.0 Å². The van der Waals surface area contributed by atoms with Crippen LogP contribution in [-0.2, 0) is 6.54 Å². The molecule has 4 nitrogen and oxygen atoms in total. The van der Waals surface area contributed by atoms with Gasteiger partial charge in [-0.05, 0) is 91.2 Å². The molecule has 0 unspecified atom stereocenters. The highest BCUT2D eigenvalue weighted by atomic mass is 19.1. The van der Waals surface area contributed by atoms with Gasteiger partial charge in [-0.1, -0.05) is 30.3 Å². The first-order valence-corrected chi connectivity index (χ1v) is 12.4. The third-order valence-electron chi connectivity index (χ3n) is 6.62. The van der Waals surface area contributed by atoms with Gasteiger partial charge in [0, 0.05) is 36.9 Å². The number of carbonyl (C=O) groups is 1. The van der Waals surface area contributed by atoms with Crippen LogP contribution in [0.15, 0.2) is 103 Å². The summed E-state index contributed by atoms with van der Waals surface area (Å²) in [5.74, 6) is 0.636. The van der Waals surface area contributed by atoms with Crippen LogP contribution in [-0.4, -0.2) is 29.9 Å². The van der Waals surface area contributed by atoms with Gasteiger partial charge in [0.25, 0.3) is 5.91 Å². The number of ether oxygens (including phenoxy) is 1. The van der Waals surface area contributed by atoms with E-state index in [4.69, 9.17) is 4.74 Å². The minimum absolute atomic E-state index is 0.0491. The van der Waals surface area contributed by atoms with Gasteiger partial charge in [-0.3, -0.25) is 9.69 Å². The molecule has 1 aliphatic rings. The number of nitrogens with zero attached hydrogens (tertiary/aromatic N) is 2. The lowest BCUT2D eigenvalue weighted by atomic mass is 10.00. The van der Waals surface area contributed by atoms with Crippen molar-refractivity contribution in [3.05, 3.63) is 126 Å². The molecule has 0 saturated carbocycles. The molecule has 37 heavy (non-hydrogen) atoms. The Hall–Kier alpha value is -4.03. The predicted octanol–water partition coefficient (Wildman–Crippen LogP) is 7.07. The molecule has 0 bridgehead atoms. The van der Waals surface area contributed by atoms with Gasteiger partial charge in [0.2, 0.25) is 0 Å². The van der Waals surface area contributed by atoms with Crippen LogP contribution in [0, 0.1) is 11.6 Å². The number of halogens is 2. The summed E-state index contributed by atoms with van der Waals surface area (Å²) in [6.45, 7) is 2.40. The standard InChI is InChI=1S/C31H28F2N2O2/c32-25-11-9-24(10-12-25)31(36)35(27-15-13-26(33)14-16-27)28-17-19-34(20-18-28)22-23-5-4-8-30(21-23)37-29-6-2-1-3-7-29/h1-16,21,28H,17-20,22H2. The molecule has 0 N–H and O–H groups in total. The summed E-state index contributed by atoms with van der Waals surface area (Å²) in [6.07, 6.45) is 1.54. The van der Waals surface area contributed by atoms with Gasteiger partial charge in [0.05, 0.1) is 0 Å². The molecule has 0 spiro atoms. The first-order chi connectivity index (χ1) is 18.0. The van der Waals surface area contributed by atoms with Crippen molar-refractivity contribution in [1.82, 2.24) is 4.90 Å². The molecule has 0 aliphatic carbocycles. The van der Waals surface area contributed by atoms with Crippen molar-refractivity contribution in [2.45, 2.75) is 25.4 Å². The largest absolute Gasteiger partial charge is 0.457 e. The molecule has 5 rings (SSSR count). The molecule has 0 aromatic heterocycles. The van der Waals surface area contributed by atoms with Crippen LogP contribution in [0.4, 0.5) is 14.5 Å². The molecule has 0 atom stereocenters. The molecule has 1 heterocycles. The van der Waals surface area contributed by atoms with E-state index in [0.717, 1.165) is 49.5 Å². The van der Waals surface area contributed by atoms with Crippen molar-refractivity contribution < 1.29 is 18.3 Å². The number of anilines is 1. The first-order valence-electron chi connectivity index (χ1n) is 12.4. The molecule has 4 aromatic carbocycles. The summed E-state index contributed by atoms with van der Waals surface area (Å²) in [6, 6.07) is 29.3. The molecule has 188 valence electrons. The fourth-order valence-corrected chi connectivity index (χ4v) is 4.75. The number of hydrogen-bond acceptors (Lipinski definition) is 3. The molecular weight excluding hydrogens is 470 g/mol. The maximum Gasteiger partial charge on any atom is 0.258 e. The fourth-order valence-electron chi connectivity index (χ4n) is 4.75. The summed E-state index contributed by atoms with van der Waals surface area (Å²) >= 11 is 0. The Balaban J connectivity index is 1.27. The lowest BCUT2D eigenvalue weighted by Crippen LogP contribution is -2.47. The lowest BCUT2D eigenvalue weighted by Gasteiger charge is -2.38. The normalized spacial score (nSPS) is 14.3. The third-order valence-corrected chi connectivity index (χ3v) is 6.62. The van der Waals surface area contributed by atoms with Gasteiger partial charge in [-0.15, -0.1) is 0 Å². The first kappa shape index (κ1) is 24.7. The van der Waals surface area contributed by atoms with Crippen molar-refractivity contribution in [3.63, 3.8) is 0 Å². The third kappa shape index (κ3) is 6.22. The summed E-state index contributed by atoms with van der Waals surface area (Å²) in [5, 5.41) is 0. The van der Waals surface area contributed by atoms with Crippen LogP contribution in [0.5, 0.6) is 11.5 Å². The van der Waals surface area contributed by atoms with E-state index >= 15 is 0 Å². The van der Waals surface area contributed by atoms with Crippen LogP contribution >= 0.6 is 0 Å². The number of piperidine rings is 1. The summed E-state index contributed by atoms with van der Waals surface area (Å²) < 4.78 is 33.0. The van der Waals surface area contributed by atoms with Crippen LogP contribution < -0.4 is 9.64 Å². The Kier molecular flexibility index (Phi) is 7.57. The maximum atomic E-state index is 13.6. The molecule has 6 heteroatoms. The fraction of sp³-hybridized carbons (Fsp3) is 0.194. The SMILES string of the molecule is O=C(c1ccc(F)cc1)N(c1ccc(F)cc1)C1CCN(Cc2cccc(Oc3ccccc3)c2)CC1. The summed E-state index contributed by atoms with van der Waals surface area (Å²) in [4.78, 5) is 17.6. The van der Waals surface area contributed by atoms with E-state index in [1.165, 1.54) is 36.4 Å². The predicted molar refractivity (Wildman–Crippen MR) is 141 cm³/mol. The van der Waals surface area contributed by atoms with Gasteiger partial charge < -0.3 is 9.64 Å². The van der Waals surface area contributed by atoms with Crippen LogP contribution in [0.25, 0.3) is 0 Å². The highest BCUT2D eigenvalue weighted by Gasteiger charge is 2.30. The van der Waals surface area contributed by atoms with E-state index in [1.54, 1.807) is 17.0 Å². The molecule has 1 amide bonds. The van der Waals surface area contributed by atoms with Crippen molar-refractivity contribution >= 4 is 11.6 Å². The smallest absolute Gasteiger partial charge is 0.258 e. The molecule has 4 aromatic rings. The van der Waals surface area contributed by atoms with Gasteiger partial charge in [-0.2, -0.15) is 0 Å². The maximum absolute atomic E-state index is 13.6. The van der Waals surface area contributed by atoms with Crippen LogP contribution in [0.1, 0.15) is 28.8 Å². The average Bonchev–Trinajstić information content (AvgIpc) is 2.92. The summed E-state index contributed by atoms with van der Waals surface area (Å²) in [7, 11) is 0. The summed E-state index contributed by atoms with van der Waals surface area (Å²) in [5.41, 5.74) is 2.20. The van der Waals surface area contributed by atoms with E-state index in [-0.39, 0.29) is 17.8 Å². The van der Waals surface area contributed by atoms with Crippen LogP contribution in [0.3, 0.4) is 0 Å². The minimum atomic E-state index is -0.392. The van der Waals surface area contributed by atoms with Gasteiger partial charge in [0.15, 0.2) is 0 Å². The number of likely N-dealkylation sites (tertiary alicyclic amines) is 1. The number of hydrogen-bond donors (Lipinski definition) is 0. The van der Waals surface area contributed by atoms with E-state index in [0.29, 0.717) is 11.3 Å². The second-order valence-electron chi connectivity index (χ2n) is 9.23. The van der Waals surface area contributed by atoms with Crippen LogP contribution in [0.2, 0.25) is 0 Å². The van der Waals surface area contributed by atoms with E-state index in [2.05, 4.69) is 17.0 Å². The van der Waals surface area contributed by atoms with Gasteiger partial charge in [0.1, 0.15) is 23.1 Å². The average molecular weight is 499 g/mol. The number of para-hydroxylation sites is 1. The van der Waals surface area contributed by atoms with Crippen molar-refractivity contribution in [1.29, 1.82) is 0 Å². The number of carbonyl (C=O) groups excluding carboxylic acids is 1. The van der Waals surface area contributed by atoms with E-state index in [9.17, 15) is 13.6 Å². The Morgan fingerprint density at radius 1 is 0.784 bits per heavy atom. The lowest BCUT2D eigenvalue weighted by molar-refractivity contribution is 0.0958. The quantitative estimate of drug-likeness (QED) is 0.273. The highest BCUT2D eigenvalue weighted by molar-refractivity contribution is 6.06. The number of rotatable bonds is 7. The van der Waals surface area contributed by atoms with Crippen molar-refractivity contribution in [3.8, 4) is 11.5 Å². The topological polar surface area (TPSA) is 32.8 Å². The molecule has 1 fully saturated rings. The Morgan fingerprint density at radius 2 is 1.41 bits per heavy atom. The second kappa shape index (κ2) is 11.4. The molecular formula is C31H28F2N2O2. The minimum Gasteiger partial charge on any atom is -0.457 e. The zero-order chi connectivity index (χ0) is 25.6. The molecule has 0 radical (unpaired) electrons. The zero-order valence-electron chi connectivity index (χ0n) is 20.4. The van der Waals surface area contributed by atoms with Crippen molar-refractivity contribution in [2.24, 2.45) is 0 Å². The van der Waals surface area contributed by atoms with Gasteiger partial charge >= 0.3 is 0 Å². The number of amides is 1. The Labute approximate surface area is 215 Å². The second-order valence-corrected chi connectivity index (χ2v) is 9.23.